The molecule has 0 aliphatic heterocycles. The zero-order chi connectivity index (χ0) is 20.4. The lowest BCUT2D eigenvalue weighted by Crippen LogP contribution is -2.21. The quantitative estimate of drug-likeness (QED) is 0.591. The molecule has 1 unspecified atom stereocenters. The molecule has 0 fully saturated rings. The number of esters is 1. The van der Waals surface area contributed by atoms with Crippen LogP contribution in [-0.4, -0.2) is 31.1 Å². The number of ether oxygens (including phenoxy) is 2. The van der Waals surface area contributed by atoms with Crippen molar-refractivity contribution in [3.8, 4) is 5.75 Å². The van der Waals surface area contributed by atoms with E-state index in [-0.39, 0.29) is 24.5 Å². The molecule has 2 N–H and O–H groups in total. The van der Waals surface area contributed by atoms with E-state index in [0.29, 0.717) is 17.9 Å². The minimum Gasteiger partial charge on any atom is -0.491 e. The average Bonchev–Trinajstić information content (AvgIpc) is 2.71. The molecule has 6 heteroatoms. The van der Waals surface area contributed by atoms with Gasteiger partial charge in [0.1, 0.15) is 5.75 Å². The van der Waals surface area contributed by atoms with Crippen LogP contribution in [0, 0.1) is 0 Å². The molecule has 0 heterocycles. The highest BCUT2D eigenvalue weighted by Gasteiger charge is 2.08. The minimum absolute atomic E-state index is 0.107. The summed E-state index contributed by atoms with van der Waals surface area (Å²) in [5, 5.41) is 5.88. The van der Waals surface area contributed by atoms with E-state index in [1.54, 1.807) is 30.3 Å². The van der Waals surface area contributed by atoms with Gasteiger partial charge >= 0.3 is 5.97 Å². The van der Waals surface area contributed by atoms with Gasteiger partial charge in [-0.05, 0) is 56.2 Å². The molecule has 28 heavy (non-hydrogen) atoms. The number of carbonyl (C=O) groups is 2. The van der Waals surface area contributed by atoms with Gasteiger partial charge in [0.2, 0.25) is 5.91 Å². The SMILES string of the molecule is CCCOC(=O)c1ccc(NCC(=O)Nc2cccc(OC(C)CC)c2)cc1. The van der Waals surface area contributed by atoms with Crippen molar-refractivity contribution in [3.05, 3.63) is 54.1 Å². The van der Waals surface area contributed by atoms with Gasteiger partial charge in [0.15, 0.2) is 0 Å². The first-order chi connectivity index (χ1) is 13.5. The highest BCUT2D eigenvalue weighted by molar-refractivity contribution is 5.94. The maximum absolute atomic E-state index is 12.2. The third-order valence-electron chi connectivity index (χ3n) is 4.04. The number of nitrogens with one attached hydrogen (secondary N) is 2. The zero-order valence-corrected chi connectivity index (χ0v) is 16.7. The number of benzene rings is 2. The van der Waals surface area contributed by atoms with Crippen molar-refractivity contribution < 1.29 is 19.1 Å². The maximum atomic E-state index is 12.2. The van der Waals surface area contributed by atoms with Crippen LogP contribution in [0.15, 0.2) is 48.5 Å². The molecule has 1 amide bonds. The summed E-state index contributed by atoms with van der Waals surface area (Å²) in [5.74, 6) is 0.211. The Morgan fingerprint density at radius 1 is 1.04 bits per heavy atom. The summed E-state index contributed by atoms with van der Waals surface area (Å²) in [5.41, 5.74) is 1.92. The Bertz CT molecular complexity index is 774. The minimum atomic E-state index is -0.342. The Labute approximate surface area is 166 Å². The number of hydrogen-bond donors (Lipinski definition) is 2. The van der Waals surface area contributed by atoms with E-state index in [1.807, 2.05) is 32.0 Å². The highest BCUT2D eigenvalue weighted by Crippen LogP contribution is 2.19. The highest BCUT2D eigenvalue weighted by atomic mass is 16.5. The Hall–Kier alpha value is -3.02. The molecule has 1 atom stereocenters. The van der Waals surface area contributed by atoms with Crippen LogP contribution >= 0.6 is 0 Å². The lowest BCUT2D eigenvalue weighted by Gasteiger charge is -2.14. The number of anilines is 2. The van der Waals surface area contributed by atoms with Crippen LogP contribution in [0.5, 0.6) is 5.75 Å². The van der Waals surface area contributed by atoms with E-state index in [2.05, 4.69) is 17.6 Å². The number of rotatable bonds is 10. The Balaban J connectivity index is 1.84. The van der Waals surface area contributed by atoms with Crippen molar-refractivity contribution in [1.29, 1.82) is 0 Å². The Kier molecular flexibility index (Phi) is 8.34. The summed E-state index contributed by atoms with van der Waals surface area (Å²) >= 11 is 0. The van der Waals surface area contributed by atoms with Crippen molar-refractivity contribution in [2.45, 2.75) is 39.7 Å². The molecule has 0 saturated carbocycles. The predicted octanol–water partition coefficient (Wildman–Crippen LogP) is 4.48. The van der Waals surface area contributed by atoms with Gasteiger partial charge in [0.25, 0.3) is 0 Å². The molecule has 0 aliphatic rings. The van der Waals surface area contributed by atoms with Crippen molar-refractivity contribution in [1.82, 2.24) is 0 Å². The summed E-state index contributed by atoms with van der Waals surface area (Å²) in [4.78, 5) is 24.0. The first-order valence-electron chi connectivity index (χ1n) is 9.59. The van der Waals surface area contributed by atoms with Gasteiger partial charge in [-0.1, -0.05) is 19.9 Å². The molecular formula is C22H28N2O4. The summed E-state index contributed by atoms with van der Waals surface area (Å²) in [6.07, 6.45) is 1.82. The van der Waals surface area contributed by atoms with E-state index in [1.165, 1.54) is 0 Å². The topological polar surface area (TPSA) is 76.7 Å². The van der Waals surface area contributed by atoms with E-state index >= 15 is 0 Å². The Morgan fingerprint density at radius 3 is 2.46 bits per heavy atom. The van der Waals surface area contributed by atoms with Crippen molar-refractivity contribution in [2.75, 3.05) is 23.8 Å². The maximum Gasteiger partial charge on any atom is 0.338 e. The lowest BCUT2D eigenvalue weighted by atomic mass is 10.2. The van der Waals surface area contributed by atoms with Gasteiger partial charge in [-0.2, -0.15) is 0 Å². The van der Waals surface area contributed by atoms with E-state index in [0.717, 1.165) is 24.3 Å². The fraction of sp³-hybridized carbons (Fsp3) is 0.364. The fourth-order valence-corrected chi connectivity index (χ4v) is 2.35. The van der Waals surface area contributed by atoms with Gasteiger partial charge in [0.05, 0.1) is 24.8 Å². The summed E-state index contributed by atoms with van der Waals surface area (Å²) < 4.78 is 10.9. The lowest BCUT2D eigenvalue weighted by molar-refractivity contribution is -0.114. The molecule has 2 aromatic rings. The first-order valence-corrected chi connectivity index (χ1v) is 9.59. The first kappa shape index (κ1) is 21.3. The number of amides is 1. The van der Waals surface area contributed by atoms with Crippen molar-refractivity contribution in [3.63, 3.8) is 0 Å². The van der Waals surface area contributed by atoms with E-state index < -0.39 is 0 Å². The monoisotopic (exact) mass is 384 g/mol. The second kappa shape index (κ2) is 11.0. The van der Waals surface area contributed by atoms with Crippen molar-refractivity contribution in [2.24, 2.45) is 0 Å². The van der Waals surface area contributed by atoms with Crippen LogP contribution in [0.1, 0.15) is 44.0 Å². The van der Waals surface area contributed by atoms with E-state index in [4.69, 9.17) is 9.47 Å². The molecule has 0 aromatic heterocycles. The van der Waals surface area contributed by atoms with Gasteiger partial charge in [-0.3, -0.25) is 4.79 Å². The van der Waals surface area contributed by atoms with Crippen LogP contribution in [0.4, 0.5) is 11.4 Å². The molecule has 150 valence electrons. The van der Waals surface area contributed by atoms with Crippen LogP contribution < -0.4 is 15.4 Å². The molecule has 0 aliphatic carbocycles. The van der Waals surface area contributed by atoms with Crippen LogP contribution in [-0.2, 0) is 9.53 Å². The average molecular weight is 384 g/mol. The van der Waals surface area contributed by atoms with Crippen LogP contribution in [0.3, 0.4) is 0 Å². The smallest absolute Gasteiger partial charge is 0.338 e. The van der Waals surface area contributed by atoms with Crippen molar-refractivity contribution >= 4 is 23.3 Å². The van der Waals surface area contributed by atoms with Crippen LogP contribution in [0.25, 0.3) is 0 Å². The summed E-state index contributed by atoms with van der Waals surface area (Å²) in [7, 11) is 0. The van der Waals surface area contributed by atoms with Crippen LogP contribution in [0.2, 0.25) is 0 Å². The third kappa shape index (κ3) is 6.95. The third-order valence-corrected chi connectivity index (χ3v) is 4.04. The molecule has 6 nitrogen and oxygen atoms in total. The molecular weight excluding hydrogens is 356 g/mol. The molecule has 0 spiro atoms. The molecule has 0 saturated heterocycles. The van der Waals surface area contributed by atoms with Gasteiger partial charge in [-0.15, -0.1) is 0 Å². The second-order valence-corrected chi connectivity index (χ2v) is 6.48. The molecule has 2 rings (SSSR count). The summed E-state index contributed by atoms with van der Waals surface area (Å²) in [6.45, 7) is 6.52. The molecule has 0 radical (unpaired) electrons. The van der Waals surface area contributed by atoms with E-state index in [9.17, 15) is 9.59 Å². The van der Waals surface area contributed by atoms with Gasteiger partial charge in [0, 0.05) is 17.4 Å². The number of hydrogen-bond acceptors (Lipinski definition) is 5. The number of carbonyl (C=O) groups excluding carboxylic acids is 2. The fourth-order valence-electron chi connectivity index (χ4n) is 2.35. The zero-order valence-electron chi connectivity index (χ0n) is 16.7. The summed E-state index contributed by atoms with van der Waals surface area (Å²) in [6, 6.07) is 14.2. The van der Waals surface area contributed by atoms with Gasteiger partial charge < -0.3 is 20.1 Å². The molecule has 2 aromatic carbocycles. The predicted molar refractivity (Wildman–Crippen MR) is 111 cm³/mol. The normalized spacial score (nSPS) is 11.4. The van der Waals surface area contributed by atoms with Gasteiger partial charge in [-0.25, -0.2) is 4.79 Å². The largest absolute Gasteiger partial charge is 0.491 e. The molecule has 0 bridgehead atoms. The standard InChI is InChI=1S/C22H28N2O4/c1-4-13-27-22(26)17-9-11-18(12-10-17)23-15-21(25)24-19-7-6-8-20(14-19)28-16(3)5-2/h6-12,14,16,23H,4-5,13,15H2,1-3H3,(H,24,25). The Morgan fingerprint density at radius 2 is 1.79 bits per heavy atom. The second-order valence-electron chi connectivity index (χ2n) is 6.48.